The Morgan fingerprint density at radius 3 is 2.41 bits per heavy atom. The Morgan fingerprint density at radius 2 is 1.85 bits per heavy atom. The number of nitrogens with two attached hydrogens (primary N) is 1. The molecule has 0 saturated carbocycles. The maximum absolute atomic E-state index is 13.1. The van der Waals surface area contributed by atoms with Gasteiger partial charge in [0.05, 0.1) is 5.25 Å². The summed E-state index contributed by atoms with van der Waals surface area (Å²) in [6.45, 7) is 0. The minimum absolute atomic E-state index is 0.207. The summed E-state index contributed by atoms with van der Waals surface area (Å²) in [5.41, 5.74) is 6.63. The second kappa shape index (κ2) is 8.17. The average molecular weight is 463 g/mol. The van der Waals surface area contributed by atoms with Crippen LogP contribution in [0.4, 0.5) is 5.69 Å². The van der Waals surface area contributed by atoms with Crippen LogP contribution in [0.15, 0.2) is 63.6 Å². The minimum Gasteiger partial charge on any atom is -0.365 e. The van der Waals surface area contributed by atoms with Gasteiger partial charge in [0.1, 0.15) is 16.7 Å². The molecule has 0 bridgehead atoms. The largest absolute Gasteiger partial charge is 0.365 e. The van der Waals surface area contributed by atoms with Crippen LogP contribution in [0.5, 0.6) is 0 Å². The van der Waals surface area contributed by atoms with E-state index in [2.05, 4.69) is 15.9 Å². The molecule has 1 heterocycles. The first-order chi connectivity index (χ1) is 12.9. The highest BCUT2D eigenvalue weighted by Gasteiger charge is 2.40. The third-order valence-electron chi connectivity index (χ3n) is 3.94. The van der Waals surface area contributed by atoms with Gasteiger partial charge in [-0.1, -0.05) is 51.4 Å². The predicted molar refractivity (Wildman–Crippen MR) is 110 cm³/mol. The molecule has 0 aliphatic carbocycles. The summed E-state index contributed by atoms with van der Waals surface area (Å²) < 4.78 is 0.851. The smallest absolute Gasteiger partial charge is 0.262 e. The van der Waals surface area contributed by atoms with E-state index in [9.17, 15) is 14.9 Å². The van der Waals surface area contributed by atoms with Crippen LogP contribution in [0, 0.1) is 11.3 Å². The van der Waals surface area contributed by atoms with Crippen LogP contribution in [0.25, 0.3) is 0 Å². The van der Waals surface area contributed by atoms with Gasteiger partial charge in [0.2, 0.25) is 5.91 Å². The Bertz CT molecular complexity index is 968. The molecule has 0 unspecified atom stereocenters. The summed E-state index contributed by atoms with van der Waals surface area (Å²) >= 11 is 10.4. The second-order valence-electron chi connectivity index (χ2n) is 5.74. The number of carbonyl (C=O) groups is 2. The molecule has 2 amide bonds. The summed E-state index contributed by atoms with van der Waals surface area (Å²) in [5.74, 6) is -1.07. The van der Waals surface area contributed by atoms with Gasteiger partial charge in [-0.3, -0.25) is 14.5 Å². The number of anilines is 1. The average Bonchev–Trinajstić information content (AvgIpc) is 2.94. The number of hydrogen-bond acceptors (Lipinski definition) is 4. The van der Waals surface area contributed by atoms with Crippen molar-refractivity contribution in [2.75, 3.05) is 4.90 Å². The van der Waals surface area contributed by atoms with Crippen LogP contribution in [-0.2, 0) is 16.0 Å². The molecule has 2 aromatic rings. The summed E-state index contributed by atoms with van der Waals surface area (Å²) in [7, 11) is 0. The lowest BCUT2D eigenvalue weighted by Gasteiger charge is -2.18. The molecule has 5 nitrogen and oxygen atoms in total. The van der Waals surface area contributed by atoms with Crippen LogP contribution >= 0.6 is 39.3 Å². The molecule has 8 heteroatoms. The molecule has 0 radical (unpaired) electrons. The number of rotatable bonds is 4. The highest BCUT2D eigenvalue weighted by molar-refractivity contribution is 9.10. The lowest BCUT2D eigenvalue weighted by Crippen LogP contribution is -2.31. The van der Waals surface area contributed by atoms with Crippen molar-refractivity contribution >= 4 is 56.8 Å². The fraction of sp³-hybridized carbons (Fsp3) is 0.105. The first-order valence-electron chi connectivity index (χ1n) is 7.85. The number of primary amides is 1. The fourth-order valence-electron chi connectivity index (χ4n) is 2.66. The summed E-state index contributed by atoms with van der Waals surface area (Å²) in [6, 6.07) is 16.1. The Labute approximate surface area is 173 Å². The summed E-state index contributed by atoms with van der Waals surface area (Å²) in [6.07, 6.45) is 0.439. The van der Waals surface area contributed by atoms with E-state index in [1.165, 1.54) is 16.7 Å². The number of amides is 2. The normalized spacial score (nSPS) is 18.3. The minimum atomic E-state index is -0.859. The van der Waals surface area contributed by atoms with Crippen LogP contribution in [-0.4, -0.2) is 17.1 Å². The standard InChI is InChI=1S/C19H13BrClN3O2S/c20-12-3-7-14(8-4-12)24-18(26)16(9-11-1-5-13(21)6-2-11)27-19(24)15(10-22)17(23)25/h1-8,16H,9H2,(H2,23,25)/b19-15+/t16-/m0/s1. The molecule has 2 aromatic carbocycles. The number of nitriles is 1. The van der Waals surface area contributed by atoms with Crippen LogP contribution < -0.4 is 10.6 Å². The third-order valence-corrected chi connectivity index (χ3v) is 5.99. The molecule has 3 rings (SSSR count). The number of thioether (sulfide) groups is 1. The third kappa shape index (κ3) is 4.19. The molecule has 27 heavy (non-hydrogen) atoms. The van der Waals surface area contributed by atoms with Crippen molar-refractivity contribution in [2.24, 2.45) is 5.73 Å². The summed E-state index contributed by atoms with van der Waals surface area (Å²) in [5, 5.41) is 9.77. The zero-order chi connectivity index (χ0) is 19.6. The van der Waals surface area contributed by atoms with Gasteiger partial charge in [-0.25, -0.2) is 0 Å². The SMILES string of the molecule is N#C/C(C(N)=O)=C1\S[C@@H](Cc2ccc(Cl)cc2)C(=O)N1c1ccc(Br)cc1. The number of halogens is 2. The number of benzene rings is 2. The summed E-state index contributed by atoms with van der Waals surface area (Å²) in [4.78, 5) is 26.2. The Kier molecular flexibility index (Phi) is 5.90. The van der Waals surface area contributed by atoms with E-state index in [1.54, 1.807) is 36.4 Å². The quantitative estimate of drug-likeness (QED) is 0.549. The molecule has 1 atom stereocenters. The molecule has 0 aromatic heterocycles. The Morgan fingerprint density at radius 1 is 1.22 bits per heavy atom. The molecular formula is C19H13BrClN3O2S. The van der Waals surface area contributed by atoms with Gasteiger partial charge in [-0.15, -0.1) is 0 Å². The van der Waals surface area contributed by atoms with E-state index in [4.69, 9.17) is 17.3 Å². The topological polar surface area (TPSA) is 87.2 Å². The lowest BCUT2D eigenvalue weighted by atomic mass is 10.1. The van der Waals surface area contributed by atoms with E-state index < -0.39 is 11.2 Å². The second-order valence-corrected chi connectivity index (χ2v) is 8.29. The van der Waals surface area contributed by atoms with E-state index in [1.807, 2.05) is 18.2 Å². The zero-order valence-corrected chi connectivity index (χ0v) is 17.0. The van der Waals surface area contributed by atoms with E-state index in [0.717, 1.165) is 10.0 Å². The van der Waals surface area contributed by atoms with Crippen molar-refractivity contribution in [3.63, 3.8) is 0 Å². The van der Waals surface area contributed by atoms with Gasteiger partial charge in [0.15, 0.2) is 0 Å². The zero-order valence-electron chi connectivity index (χ0n) is 13.9. The molecule has 1 aliphatic heterocycles. The van der Waals surface area contributed by atoms with Gasteiger partial charge < -0.3 is 5.73 Å². The Hall–Kier alpha value is -2.27. The molecule has 0 spiro atoms. The maximum Gasteiger partial charge on any atom is 0.262 e. The monoisotopic (exact) mass is 461 g/mol. The molecule has 1 aliphatic rings. The number of hydrogen-bond donors (Lipinski definition) is 1. The van der Waals surface area contributed by atoms with Crippen molar-refractivity contribution in [1.29, 1.82) is 5.26 Å². The number of nitrogens with zero attached hydrogens (tertiary/aromatic N) is 2. The van der Waals surface area contributed by atoms with E-state index >= 15 is 0 Å². The first kappa shape index (κ1) is 19.5. The molecule has 1 fully saturated rings. The molecule has 2 N–H and O–H groups in total. The van der Waals surface area contributed by atoms with E-state index in [-0.39, 0.29) is 16.5 Å². The van der Waals surface area contributed by atoms with Crippen molar-refractivity contribution in [2.45, 2.75) is 11.7 Å². The highest BCUT2D eigenvalue weighted by atomic mass is 79.9. The fourth-order valence-corrected chi connectivity index (χ4v) is 4.37. The molecule has 136 valence electrons. The van der Waals surface area contributed by atoms with Crippen LogP contribution in [0.1, 0.15) is 5.56 Å². The number of carbonyl (C=O) groups excluding carboxylic acids is 2. The van der Waals surface area contributed by atoms with Crippen LogP contribution in [0.2, 0.25) is 5.02 Å². The van der Waals surface area contributed by atoms with Crippen molar-refractivity contribution < 1.29 is 9.59 Å². The maximum atomic E-state index is 13.1. The molecular weight excluding hydrogens is 450 g/mol. The van der Waals surface area contributed by atoms with Crippen molar-refractivity contribution in [1.82, 2.24) is 0 Å². The first-order valence-corrected chi connectivity index (χ1v) is 9.90. The predicted octanol–water partition coefficient (Wildman–Crippen LogP) is 4.01. The Balaban J connectivity index is 2.01. The van der Waals surface area contributed by atoms with Gasteiger partial charge >= 0.3 is 0 Å². The van der Waals surface area contributed by atoms with Crippen molar-refractivity contribution in [3.8, 4) is 6.07 Å². The highest BCUT2D eigenvalue weighted by Crippen LogP contribution is 2.42. The van der Waals surface area contributed by atoms with Crippen molar-refractivity contribution in [3.05, 3.63) is 74.2 Å². The van der Waals surface area contributed by atoms with Gasteiger partial charge in [0.25, 0.3) is 5.91 Å². The van der Waals surface area contributed by atoms with Gasteiger partial charge in [-0.05, 0) is 48.4 Å². The van der Waals surface area contributed by atoms with Crippen LogP contribution in [0.3, 0.4) is 0 Å². The lowest BCUT2D eigenvalue weighted by molar-refractivity contribution is -0.117. The molecule has 1 saturated heterocycles. The van der Waals surface area contributed by atoms with Gasteiger partial charge in [-0.2, -0.15) is 5.26 Å². The van der Waals surface area contributed by atoms with E-state index in [0.29, 0.717) is 17.1 Å². The van der Waals surface area contributed by atoms with Gasteiger partial charge in [0, 0.05) is 15.2 Å².